The number of phenolic OH excluding ortho intramolecular Hbond substituents is 1. The van der Waals surface area contributed by atoms with Gasteiger partial charge < -0.3 is 20.7 Å². The third kappa shape index (κ3) is 5.25. The van der Waals surface area contributed by atoms with E-state index in [-0.39, 0.29) is 17.0 Å². The molecule has 0 aromatic heterocycles. The van der Waals surface area contributed by atoms with Crippen molar-refractivity contribution in [1.82, 2.24) is 0 Å². The zero-order valence-electron chi connectivity index (χ0n) is 17.9. The number of hydrogen-bond donors (Lipinski definition) is 3. The Kier molecular flexibility index (Phi) is 7.22. The Morgan fingerprint density at radius 2 is 1.66 bits per heavy atom. The van der Waals surface area contributed by atoms with E-state index in [1.54, 1.807) is 0 Å². The lowest BCUT2D eigenvalue weighted by molar-refractivity contribution is 0.280. The largest absolute Gasteiger partial charge is 0.503 e. The minimum absolute atomic E-state index is 0.00264. The predicted octanol–water partition coefficient (Wildman–Crippen LogP) is 6.45. The molecule has 158 valence electrons. The number of benzene rings is 2. The van der Waals surface area contributed by atoms with Crippen molar-refractivity contribution in [2.45, 2.75) is 47.5 Å². The number of halogens is 2. The first kappa shape index (κ1) is 22.7. The van der Waals surface area contributed by atoms with E-state index in [2.05, 4.69) is 24.1 Å². The van der Waals surface area contributed by atoms with Crippen LogP contribution in [0.4, 0.5) is 25.8 Å². The number of phenols is 1. The van der Waals surface area contributed by atoms with Crippen molar-refractivity contribution in [3.05, 3.63) is 47.5 Å². The molecule has 1 aliphatic rings. The van der Waals surface area contributed by atoms with Gasteiger partial charge in [-0.25, -0.2) is 8.78 Å². The van der Waals surface area contributed by atoms with Gasteiger partial charge in [0.25, 0.3) is 0 Å². The van der Waals surface area contributed by atoms with Crippen LogP contribution in [0.2, 0.25) is 0 Å². The standard InChI is InChI=1S/C21H25F2N3O.C2H6/c1-13(24)16-12-17(22)20(27)18(23)19(16)25-14-4-6-15(7-5-14)26-10-8-21(2,3)9-11-26;1-2/h4-7,12,24-25,27H,8-11H2,1-3H3;1-2H3. The molecule has 3 rings (SSSR count). The Balaban J connectivity index is 0.00000145. The molecular weight excluding hydrogens is 372 g/mol. The Labute approximate surface area is 172 Å². The molecule has 1 fully saturated rings. The number of anilines is 3. The van der Waals surface area contributed by atoms with E-state index in [9.17, 15) is 13.9 Å². The summed E-state index contributed by atoms with van der Waals surface area (Å²) in [6.45, 7) is 12.0. The lowest BCUT2D eigenvalue weighted by atomic mass is 9.82. The zero-order chi connectivity index (χ0) is 21.8. The van der Waals surface area contributed by atoms with E-state index in [0.717, 1.165) is 37.7 Å². The summed E-state index contributed by atoms with van der Waals surface area (Å²) in [5.41, 5.74) is 2.05. The minimum atomic E-state index is -1.10. The second-order valence-electron chi connectivity index (χ2n) is 7.89. The molecule has 0 spiro atoms. The van der Waals surface area contributed by atoms with Crippen molar-refractivity contribution in [2.75, 3.05) is 23.3 Å². The lowest BCUT2D eigenvalue weighted by Crippen LogP contribution is -2.37. The van der Waals surface area contributed by atoms with Crippen LogP contribution in [0.5, 0.6) is 5.75 Å². The van der Waals surface area contributed by atoms with Crippen LogP contribution in [0.15, 0.2) is 30.3 Å². The fraction of sp³-hybridized carbons (Fsp3) is 0.435. The molecule has 2 aromatic carbocycles. The van der Waals surface area contributed by atoms with E-state index in [1.165, 1.54) is 6.92 Å². The van der Waals surface area contributed by atoms with Gasteiger partial charge in [0.15, 0.2) is 17.4 Å². The van der Waals surface area contributed by atoms with Gasteiger partial charge >= 0.3 is 0 Å². The smallest absolute Gasteiger partial charge is 0.191 e. The molecule has 0 atom stereocenters. The van der Waals surface area contributed by atoms with Gasteiger partial charge in [-0.1, -0.05) is 27.7 Å². The maximum absolute atomic E-state index is 14.4. The Bertz CT molecular complexity index is 853. The number of nitrogens with zero attached hydrogens (tertiary/aromatic N) is 1. The molecule has 29 heavy (non-hydrogen) atoms. The van der Waals surface area contributed by atoms with Crippen LogP contribution in [0.1, 0.15) is 53.0 Å². The fourth-order valence-corrected chi connectivity index (χ4v) is 3.30. The highest BCUT2D eigenvalue weighted by Gasteiger charge is 2.25. The number of nitrogens with one attached hydrogen (secondary N) is 2. The van der Waals surface area contributed by atoms with Crippen molar-refractivity contribution in [3.63, 3.8) is 0 Å². The van der Waals surface area contributed by atoms with Crippen molar-refractivity contribution in [2.24, 2.45) is 5.41 Å². The van der Waals surface area contributed by atoms with Gasteiger partial charge in [-0.05, 0) is 55.5 Å². The Morgan fingerprint density at radius 1 is 1.10 bits per heavy atom. The van der Waals surface area contributed by atoms with E-state index in [0.29, 0.717) is 11.1 Å². The van der Waals surface area contributed by atoms with E-state index < -0.39 is 17.4 Å². The van der Waals surface area contributed by atoms with Gasteiger partial charge in [0.2, 0.25) is 0 Å². The predicted molar refractivity (Wildman–Crippen MR) is 117 cm³/mol. The van der Waals surface area contributed by atoms with Crippen molar-refractivity contribution >= 4 is 22.8 Å². The van der Waals surface area contributed by atoms with Gasteiger partial charge in [-0.15, -0.1) is 0 Å². The molecule has 2 aromatic rings. The Hall–Kier alpha value is -2.63. The van der Waals surface area contributed by atoms with Crippen LogP contribution in [-0.4, -0.2) is 23.9 Å². The molecule has 3 N–H and O–H groups in total. The molecule has 1 heterocycles. The summed E-state index contributed by atoms with van der Waals surface area (Å²) in [6.07, 6.45) is 2.27. The molecule has 6 heteroatoms. The van der Waals surface area contributed by atoms with Gasteiger partial charge in [0.1, 0.15) is 0 Å². The first-order valence-corrected chi connectivity index (χ1v) is 10.1. The zero-order valence-corrected chi connectivity index (χ0v) is 17.9. The molecule has 0 aliphatic carbocycles. The van der Waals surface area contributed by atoms with E-state index >= 15 is 0 Å². The molecule has 0 radical (unpaired) electrons. The normalized spacial score (nSPS) is 15.3. The lowest BCUT2D eigenvalue weighted by Gasteiger charge is -2.38. The van der Waals surface area contributed by atoms with Crippen LogP contribution in [0.25, 0.3) is 0 Å². The molecule has 1 saturated heterocycles. The van der Waals surface area contributed by atoms with E-state index in [4.69, 9.17) is 5.41 Å². The minimum Gasteiger partial charge on any atom is -0.503 e. The fourth-order valence-electron chi connectivity index (χ4n) is 3.30. The third-order valence-corrected chi connectivity index (χ3v) is 5.22. The molecule has 0 amide bonds. The number of rotatable bonds is 4. The second-order valence-corrected chi connectivity index (χ2v) is 7.89. The monoisotopic (exact) mass is 403 g/mol. The van der Waals surface area contributed by atoms with Crippen molar-refractivity contribution in [1.29, 1.82) is 5.41 Å². The first-order chi connectivity index (χ1) is 13.7. The van der Waals surface area contributed by atoms with Crippen molar-refractivity contribution < 1.29 is 13.9 Å². The molecule has 0 bridgehead atoms. The van der Waals surface area contributed by atoms with Gasteiger partial charge in [-0.2, -0.15) is 0 Å². The van der Waals surface area contributed by atoms with Crippen LogP contribution < -0.4 is 10.2 Å². The van der Waals surface area contributed by atoms with Crippen LogP contribution in [0, 0.1) is 22.5 Å². The molecule has 4 nitrogen and oxygen atoms in total. The number of aromatic hydroxyl groups is 1. The van der Waals surface area contributed by atoms with Crippen LogP contribution >= 0.6 is 0 Å². The quantitative estimate of drug-likeness (QED) is 0.514. The van der Waals surface area contributed by atoms with Gasteiger partial charge in [-0.3, -0.25) is 0 Å². The first-order valence-electron chi connectivity index (χ1n) is 10.1. The third-order valence-electron chi connectivity index (χ3n) is 5.22. The van der Waals surface area contributed by atoms with E-state index in [1.807, 2.05) is 38.1 Å². The average Bonchev–Trinajstić information content (AvgIpc) is 2.70. The summed E-state index contributed by atoms with van der Waals surface area (Å²) < 4.78 is 28.0. The van der Waals surface area contributed by atoms with Crippen LogP contribution in [-0.2, 0) is 0 Å². The van der Waals surface area contributed by atoms with Crippen LogP contribution in [0.3, 0.4) is 0 Å². The van der Waals surface area contributed by atoms with Gasteiger partial charge in [0, 0.05) is 35.7 Å². The Morgan fingerprint density at radius 3 is 2.17 bits per heavy atom. The molecular formula is C23H31F2N3O. The summed E-state index contributed by atoms with van der Waals surface area (Å²) in [7, 11) is 0. The maximum Gasteiger partial charge on any atom is 0.191 e. The molecule has 1 aliphatic heterocycles. The summed E-state index contributed by atoms with van der Waals surface area (Å²) in [6, 6.07) is 8.51. The number of piperidine rings is 1. The summed E-state index contributed by atoms with van der Waals surface area (Å²) in [5, 5.41) is 20.2. The molecule has 0 saturated carbocycles. The topological polar surface area (TPSA) is 59.4 Å². The average molecular weight is 404 g/mol. The highest BCUT2D eigenvalue weighted by molar-refractivity contribution is 6.02. The highest BCUT2D eigenvalue weighted by Crippen LogP contribution is 2.35. The SMILES string of the molecule is CC.CC(=N)c1cc(F)c(O)c(F)c1Nc1ccc(N2CCC(C)(C)CC2)cc1. The summed E-state index contributed by atoms with van der Waals surface area (Å²) >= 11 is 0. The number of hydrogen-bond acceptors (Lipinski definition) is 4. The van der Waals surface area contributed by atoms with Crippen molar-refractivity contribution in [3.8, 4) is 5.75 Å². The second kappa shape index (κ2) is 9.25. The molecule has 0 unspecified atom stereocenters. The van der Waals surface area contributed by atoms with Gasteiger partial charge in [0.05, 0.1) is 5.69 Å². The maximum atomic E-state index is 14.4. The highest BCUT2D eigenvalue weighted by atomic mass is 19.1. The summed E-state index contributed by atoms with van der Waals surface area (Å²) in [4.78, 5) is 2.33. The summed E-state index contributed by atoms with van der Waals surface area (Å²) in [5.74, 6) is -3.22.